The van der Waals surface area contributed by atoms with Gasteiger partial charge in [0.15, 0.2) is 11.5 Å². The summed E-state index contributed by atoms with van der Waals surface area (Å²) in [6.45, 7) is 0.952. The SMILES string of the molecule is COc1ccc(C(=O)NCCS(=O)(=O)NC[C@H]2CCCO2)cc1OC. The third-order valence-corrected chi connectivity index (χ3v) is 5.21. The van der Waals surface area contributed by atoms with Gasteiger partial charge in [-0.3, -0.25) is 4.79 Å². The molecule has 0 radical (unpaired) electrons. The van der Waals surface area contributed by atoms with E-state index in [4.69, 9.17) is 14.2 Å². The zero-order valence-electron chi connectivity index (χ0n) is 14.4. The maximum absolute atomic E-state index is 12.1. The highest BCUT2D eigenvalue weighted by Crippen LogP contribution is 2.27. The number of carbonyl (C=O) groups is 1. The monoisotopic (exact) mass is 372 g/mol. The molecule has 1 aliphatic heterocycles. The smallest absolute Gasteiger partial charge is 0.251 e. The second-order valence-corrected chi connectivity index (χ2v) is 7.55. The van der Waals surface area contributed by atoms with E-state index in [2.05, 4.69) is 10.0 Å². The molecule has 1 aromatic rings. The Kier molecular flexibility index (Phi) is 7.03. The molecule has 0 spiro atoms. The molecule has 2 N–H and O–H groups in total. The molecule has 0 saturated carbocycles. The normalized spacial score (nSPS) is 17.3. The van der Waals surface area contributed by atoms with Gasteiger partial charge in [-0.15, -0.1) is 0 Å². The Morgan fingerprint density at radius 3 is 2.68 bits per heavy atom. The number of ether oxygens (including phenoxy) is 3. The lowest BCUT2D eigenvalue weighted by Gasteiger charge is -2.12. The standard InChI is InChI=1S/C16H24N2O6S/c1-22-14-6-5-12(10-15(14)23-2)16(19)17-7-9-25(20,21)18-11-13-4-3-8-24-13/h5-6,10,13,18H,3-4,7-9,11H2,1-2H3,(H,17,19)/t13-/m1/s1. The number of sulfonamides is 1. The number of benzene rings is 1. The molecular weight excluding hydrogens is 348 g/mol. The largest absolute Gasteiger partial charge is 0.493 e. The van der Waals surface area contributed by atoms with E-state index in [0.717, 1.165) is 12.8 Å². The molecule has 1 aromatic carbocycles. The van der Waals surface area contributed by atoms with Crippen LogP contribution in [-0.2, 0) is 14.8 Å². The minimum absolute atomic E-state index is 0.00797. The Bertz CT molecular complexity index is 686. The van der Waals surface area contributed by atoms with Crippen LogP contribution in [0.15, 0.2) is 18.2 Å². The van der Waals surface area contributed by atoms with Gasteiger partial charge in [0, 0.05) is 25.3 Å². The molecule has 1 atom stereocenters. The van der Waals surface area contributed by atoms with Crippen molar-refractivity contribution < 1.29 is 27.4 Å². The highest BCUT2D eigenvalue weighted by molar-refractivity contribution is 7.89. The first-order valence-corrected chi connectivity index (χ1v) is 9.69. The molecule has 1 amide bonds. The van der Waals surface area contributed by atoms with E-state index in [0.29, 0.717) is 23.7 Å². The average molecular weight is 372 g/mol. The number of methoxy groups -OCH3 is 2. The topological polar surface area (TPSA) is 103 Å². The van der Waals surface area contributed by atoms with Gasteiger partial charge in [-0.05, 0) is 31.0 Å². The Hall–Kier alpha value is -1.84. The molecule has 0 unspecified atom stereocenters. The minimum Gasteiger partial charge on any atom is -0.493 e. The summed E-state index contributed by atoms with van der Waals surface area (Å²) in [5.41, 5.74) is 0.363. The Morgan fingerprint density at radius 2 is 2.04 bits per heavy atom. The predicted molar refractivity (Wildman–Crippen MR) is 92.6 cm³/mol. The van der Waals surface area contributed by atoms with Crippen molar-refractivity contribution in [3.05, 3.63) is 23.8 Å². The lowest BCUT2D eigenvalue weighted by atomic mass is 10.2. The van der Waals surface area contributed by atoms with Crippen LogP contribution in [0.5, 0.6) is 11.5 Å². The van der Waals surface area contributed by atoms with Crippen molar-refractivity contribution in [1.82, 2.24) is 10.0 Å². The summed E-state index contributed by atoms with van der Waals surface area (Å²) in [4.78, 5) is 12.1. The van der Waals surface area contributed by atoms with Gasteiger partial charge in [-0.2, -0.15) is 0 Å². The van der Waals surface area contributed by atoms with Crippen LogP contribution in [0.1, 0.15) is 23.2 Å². The van der Waals surface area contributed by atoms with Crippen molar-refractivity contribution in [2.24, 2.45) is 0 Å². The van der Waals surface area contributed by atoms with Gasteiger partial charge in [0.25, 0.3) is 5.91 Å². The summed E-state index contributed by atoms with van der Waals surface area (Å²) < 4.78 is 42.0. The first kappa shape index (κ1) is 19.5. The Morgan fingerprint density at radius 1 is 1.28 bits per heavy atom. The quantitative estimate of drug-likeness (QED) is 0.656. The fraction of sp³-hybridized carbons (Fsp3) is 0.562. The third kappa shape index (κ3) is 5.87. The summed E-state index contributed by atoms with van der Waals surface area (Å²) >= 11 is 0. The van der Waals surface area contributed by atoms with E-state index >= 15 is 0 Å². The summed E-state index contributed by atoms with van der Waals surface area (Å²) in [5.74, 6) is 0.370. The highest BCUT2D eigenvalue weighted by Gasteiger charge is 2.19. The van der Waals surface area contributed by atoms with Gasteiger partial charge in [0.05, 0.1) is 26.1 Å². The second kappa shape index (κ2) is 9.02. The van der Waals surface area contributed by atoms with Gasteiger partial charge in [-0.25, -0.2) is 13.1 Å². The molecule has 1 heterocycles. The van der Waals surface area contributed by atoms with Crippen molar-refractivity contribution in [3.8, 4) is 11.5 Å². The lowest BCUT2D eigenvalue weighted by Crippen LogP contribution is -2.37. The van der Waals surface area contributed by atoms with Crippen molar-refractivity contribution in [2.75, 3.05) is 39.7 Å². The van der Waals surface area contributed by atoms with Crippen molar-refractivity contribution in [2.45, 2.75) is 18.9 Å². The molecule has 1 saturated heterocycles. The number of amides is 1. The molecule has 25 heavy (non-hydrogen) atoms. The highest BCUT2D eigenvalue weighted by atomic mass is 32.2. The fourth-order valence-electron chi connectivity index (χ4n) is 2.48. The predicted octanol–water partition coefficient (Wildman–Crippen LogP) is 0.532. The summed E-state index contributed by atoms with van der Waals surface area (Å²) in [6.07, 6.45) is 1.75. The van der Waals surface area contributed by atoms with E-state index in [-0.39, 0.29) is 30.9 Å². The van der Waals surface area contributed by atoms with Gasteiger partial charge >= 0.3 is 0 Å². The van der Waals surface area contributed by atoms with Crippen molar-refractivity contribution >= 4 is 15.9 Å². The molecule has 9 heteroatoms. The molecule has 2 rings (SSSR count). The Labute approximate surface area is 147 Å². The van der Waals surface area contributed by atoms with Crippen molar-refractivity contribution in [3.63, 3.8) is 0 Å². The maximum Gasteiger partial charge on any atom is 0.251 e. The van der Waals surface area contributed by atoms with E-state index < -0.39 is 10.0 Å². The summed E-state index contributed by atoms with van der Waals surface area (Å²) in [5, 5.41) is 2.59. The van der Waals surface area contributed by atoms with E-state index in [9.17, 15) is 13.2 Å². The van der Waals surface area contributed by atoms with Crippen molar-refractivity contribution in [1.29, 1.82) is 0 Å². The zero-order chi connectivity index (χ0) is 18.3. The molecule has 1 aliphatic rings. The van der Waals surface area contributed by atoms with Gasteiger partial charge in [0.1, 0.15) is 0 Å². The van der Waals surface area contributed by atoms with Gasteiger partial charge in [-0.1, -0.05) is 0 Å². The molecule has 1 fully saturated rings. The van der Waals surface area contributed by atoms with Crippen LogP contribution < -0.4 is 19.5 Å². The number of nitrogens with one attached hydrogen (secondary N) is 2. The Balaban J connectivity index is 1.81. The lowest BCUT2D eigenvalue weighted by molar-refractivity contribution is 0.0955. The van der Waals surface area contributed by atoms with E-state index in [1.54, 1.807) is 18.2 Å². The fourth-order valence-corrected chi connectivity index (χ4v) is 3.43. The minimum atomic E-state index is -3.46. The van der Waals surface area contributed by atoms with Crippen LogP contribution in [0.3, 0.4) is 0 Å². The number of rotatable bonds is 9. The maximum atomic E-state index is 12.1. The van der Waals surface area contributed by atoms with Crippen LogP contribution in [0, 0.1) is 0 Å². The van der Waals surface area contributed by atoms with Crippen LogP contribution in [0.25, 0.3) is 0 Å². The molecule has 0 aromatic heterocycles. The zero-order valence-corrected chi connectivity index (χ0v) is 15.2. The molecule has 0 aliphatic carbocycles. The number of hydrogen-bond donors (Lipinski definition) is 2. The third-order valence-electron chi connectivity index (χ3n) is 3.86. The number of carbonyl (C=O) groups excluding carboxylic acids is 1. The van der Waals surface area contributed by atoms with Crippen LogP contribution in [0.4, 0.5) is 0 Å². The molecule has 140 valence electrons. The van der Waals surface area contributed by atoms with E-state index in [1.807, 2.05) is 0 Å². The van der Waals surface area contributed by atoms with Crippen LogP contribution >= 0.6 is 0 Å². The van der Waals surface area contributed by atoms with Gasteiger partial charge < -0.3 is 19.5 Å². The molecular formula is C16H24N2O6S. The van der Waals surface area contributed by atoms with Gasteiger partial charge in [0.2, 0.25) is 10.0 Å². The summed E-state index contributed by atoms with van der Waals surface area (Å²) in [7, 11) is -0.476. The van der Waals surface area contributed by atoms with Crippen LogP contribution in [0.2, 0.25) is 0 Å². The first-order chi connectivity index (χ1) is 11.9. The number of hydrogen-bond acceptors (Lipinski definition) is 6. The average Bonchev–Trinajstić information content (AvgIpc) is 3.12. The first-order valence-electron chi connectivity index (χ1n) is 8.04. The van der Waals surface area contributed by atoms with E-state index in [1.165, 1.54) is 14.2 Å². The van der Waals surface area contributed by atoms with Crippen LogP contribution in [-0.4, -0.2) is 60.1 Å². The molecule has 8 nitrogen and oxygen atoms in total. The molecule has 0 bridgehead atoms. The second-order valence-electron chi connectivity index (χ2n) is 5.63. The summed E-state index contributed by atoms with van der Waals surface area (Å²) in [6, 6.07) is 4.74.